The summed E-state index contributed by atoms with van der Waals surface area (Å²) in [4.78, 5) is 12.5. The Labute approximate surface area is 367 Å². The highest BCUT2D eigenvalue weighted by atomic mass is 16.3. The molecule has 3 unspecified atom stereocenters. The minimum atomic E-state index is -1.17. The molecular weight excluding hydrogens is 727 g/mol. The number of allylic oxidation sites excluding steroid dienone is 8. The maximum atomic E-state index is 12.5. The number of aliphatic hydroxyl groups is 3. The van der Waals surface area contributed by atoms with Crippen molar-refractivity contribution in [2.45, 2.75) is 283 Å². The predicted octanol–water partition coefficient (Wildman–Crippen LogP) is 15.7. The zero-order valence-electron chi connectivity index (χ0n) is 39.4. The van der Waals surface area contributed by atoms with Crippen molar-refractivity contribution in [2.24, 2.45) is 0 Å². The van der Waals surface area contributed by atoms with E-state index in [9.17, 15) is 20.1 Å². The van der Waals surface area contributed by atoms with Gasteiger partial charge in [-0.3, -0.25) is 4.79 Å². The number of carbonyl (C=O) groups excluding carboxylic acids is 1. The van der Waals surface area contributed by atoms with Gasteiger partial charge in [0.05, 0.1) is 18.8 Å². The number of nitrogens with one attached hydrogen (secondary N) is 1. The topological polar surface area (TPSA) is 89.8 Å². The number of aliphatic hydroxyl groups excluding tert-OH is 3. The normalized spacial score (nSPS) is 13.8. The number of amides is 1. The summed E-state index contributed by atoms with van der Waals surface area (Å²) in [6.07, 6.45) is 63.9. The van der Waals surface area contributed by atoms with E-state index in [-0.39, 0.29) is 12.5 Å². The van der Waals surface area contributed by atoms with Gasteiger partial charge in [-0.05, 0) is 83.5 Å². The van der Waals surface area contributed by atoms with Crippen LogP contribution in [0.1, 0.15) is 264 Å². The Balaban J connectivity index is 3.60. The highest BCUT2D eigenvalue weighted by Crippen LogP contribution is 2.16. The van der Waals surface area contributed by atoms with Crippen LogP contribution in [0.5, 0.6) is 0 Å². The fourth-order valence-corrected chi connectivity index (χ4v) is 7.86. The maximum Gasteiger partial charge on any atom is 0.220 e. The molecule has 0 fully saturated rings. The molecule has 4 N–H and O–H groups in total. The lowest BCUT2D eigenvalue weighted by Gasteiger charge is -2.26. The van der Waals surface area contributed by atoms with E-state index in [1.807, 2.05) is 0 Å². The van der Waals surface area contributed by atoms with Gasteiger partial charge < -0.3 is 20.6 Å². The zero-order valence-corrected chi connectivity index (χ0v) is 39.4. The number of hydrogen-bond acceptors (Lipinski definition) is 4. The third kappa shape index (κ3) is 44.2. The standard InChI is InChI=1S/C54H101NO4/c1-3-5-7-9-11-13-15-17-19-21-22-23-24-25-26-27-28-29-30-31-32-33-35-37-39-41-43-45-47-49-53(58)55-51(50-56)54(59)52(57)48-46-44-42-40-38-36-34-20-18-16-14-12-10-8-6-4-2/h20,22-23,25-26,34,40,42,51-52,54,56-57,59H,3-19,21,24,27-33,35-39,41,43-50H2,1-2H3,(H,55,58)/b23-22-,26-25-,34-20+,42-40+. The molecule has 5 heteroatoms. The van der Waals surface area contributed by atoms with E-state index in [0.29, 0.717) is 12.8 Å². The second-order valence-corrected chi connectivity index (χ2v) is 17.7. The third-order valence-electron chi connectivity index (χ3n) is 11.9. The molecule has 0 aliphatic heterocycles. The SMILES string of the molecule is CCCCCCCCC/C=C/CC/C=C/CCCC(O)C(O)C(CO)NC(=O)CCCCCCCCCCCCCCC/C=C\C/C=C\CCCCCCCCCCC. The van der Waals surface area contributed by atoms with E-state index in [2.05, 4.69) is 67.8 Å². The first-order chi connectivity index (χ1) is 29.1. The Hall–Kier alpha value is -1.69. The average Bonchev–Trinajstić information content (AvgIpc) is 3.24. The van der Waals surface area contributed by atoms with Crippen molar-refractivity contribution < 1.29 is 20.1 Å². The second kappa shape index (κ2) is 49.0. The largest absolute Gasteiger partial charge is 0.394 e. The highest BCUT2D eigenvalue weighted by molar-refractivity contribution is 5.76. The molecule has 59 heavy (non-hydrogen) atoms. The summed E-state index contributed by atoms with van der Waals surface area (Å²) in [6.45, 7) is 4.17. The van der Waals surface area contributed by atoms with Gasteiger partial charge in [-0.15, -0.1) is 0 Å². The van der Waals surface area contributed by atoms with Gasteiger partial charge in [0.25, 0.3) is 0 Å². The summed E-state index contributed by atoms with van der Waals surface area (Å²) in [7, 11) is 0. The molecule has 5 nitrogen and oxygen atoms in total. The van der Waals surface area contributed by atoms with Crippen LogP contribution >= 0.6 is 0 Å². The van der Waals surface area contributed by atoms with Crippen LogP contribution in [0.4, 0.5) is 0 Å². The second-order valence-electron chi connectivity index (χ2n) is 17.7. The summed E-state index contributed by atoms with van der Waals surface area (Å²) < 4.78 is 0. The number of unbranched alkanes of at least 4 members (excludes halogenated alkanes) is 31. The van der Waals surface area contributed by atoms with Gasteiger partial charge in [-0.2, -0.15) is 0 Å². The van der Waals surface area contributed by atoms with E-state index in [0.717, 1.165) is 51.4 Å². The van der Waals surface area contributed by atoms with Crippen LogP contribution < -0.4 is 5.32 Å². The van der Waals surface area contributed by atoms with Gasteiger partial charge in [-0.25, -0.2) is 0 Å². The highest BCUT2D eigenvalue weighted by Gasteiger charge is 2.26. The Bertz CT molecular complexity index is 958. The van der Waals surface area contributed by atoms with E-state index in [1.165, 1.54) is 186 Å². The van der Waals surface area contributed by atoms with Crippen molar-refractivity contribution in [3.8, 4) is 0 Å². The Kier molecular flexibility index (Phi) is 47.6. The van der Waals surface area contributed by atoms with Crippen molar-refractivity contribution in [2.75, 3.05) is 6.61 Å². The van der Waals surface area contributed by atoms with E-state index < -0.39 is 18.2 Å². The molecule has 3 atom stereocenters. The van der Waals surface area contributed by atoms with Crippen LogP contribution in [0.2, 0.25) is 0 Å². The van der Waals surface area contributed by atoms with Gasteiger partial charge in [0.2, 0.25) is 5.91 Å². The minimum Gasteiger partial charge on any atom is -0.394 e. The monoisotopic (exact) mass is 828 g/mol. The van der Waals surface area contributed by atoms with Gasteiger partial charge in [0.15, 0.2) is 0 Å². The first kappa shape index (κ1) is 57.3. The molecule has 0 spiro atoms. The summed E-state index contributed by atoms with van der Waals surface area (Å²) in [5, 5.41) is 33.6. The molecule has 1 amide bonds. The van der Waals surface area contributed by atoms with Crippen molar-refractivity contribution in [1.82, 2.24) is 5.32 Å². The van der Waals surface area contributed by atoms with E-state index in [4.69, 9.17) is 0 Å². The lowest BCUT2D eigenvalue weighted by Crippen LogP contribution is -2.50. The van der Waals surface area contributed by atoms with Crippen LogP contribution in [0, 0.1) is 0 Å². The average molecular weight is 828 g/mol. The number of rotatable bonds is 47. The molecule has 346 valence electrons. The van der Waals surface area contributed by atoms with Crippen molar-refractivity contribution in [1.29, 1.82) is 0 Å². The molecule has 0 rings (SSSR count). The van der Waals surface area contributed by atoms with Gasteiger partial charge in [0, 0.05) is 6.42 Å². The van der Waals surface area contributed by atoms with Gasteiger partial charge >= 0.3 is 0 Å². The van der Waals surface area contributed by atoms with Crippen LogP contribution in [0.25, 0.3) is 0 Å². The van der Waals surface area contributed by atoms with E-state index in [1.54, 1.807) is 0 Å². The first-order valence-corrected chi connectivity index (χ1v) is 25.9. The third-order valence-corrected chi connectivity index (χ3v) is 11.9. The Morgan fingerprint density at radius 3 is 1.14 bits per heavy atom. The van der Waals surface area contributed by atoms with Crippen LogP contribution in [-0.2, 0) is 4.79 Å². The van der Waals surface area contributed by atoms with Crippen molar-refractivity contribution >= 4 is 5.91 Å². The Morgan fingerprint density at radius 1 is 0.424 bits per heavy atom. The molecule has 0 aliphatic carbocycles. The summed E-state index contributed by atoms with van der Waals surface area (Å²) >= 11 is 0. The predicted molar refractivity (Wildman–Crippen MR) is 259 cm³/mol. The van der Waals surface area contributed by atoms with Gasteiger partial charge in [-0.1, -0.05) is 223 Å². The summed E-state index contributed by atoms with van der Waals surface area (Å²) in [5.74, 6) is -0.159. The molecule has 0 aromatic heterocycles. The summed E-state index contributed by atoms with van der Waals surface area (Å²) in [6, 6.07) is -0.834. The van der Waals surface area contributed by atoms with Crippen molar-refractivity contribution in [3.05, 3.63) is 48.6 Å². The van der Waals surface area contributed by atoms with Crippen LogP contribution in [-0.4, -0.2) is 46.1 Å². The molecule has 0 heterocycles. The summed E-state index contributed by atoms with van der Waals surface area (Å²) in [5.41, 5.74) is 0. The first-order valence-electron chi connectivity index (χ1n) is 25.9. The quantitative estimate of drug-likeness (QED) is 0.0363. The molecule has 0 saturated heterocycles. The Morgan fingerprint density at radius 2 is 0.746 bits per heavy atom. The lowest BCUT2D eigenvalue weighted by molar-refractivity contribution is -0.124. The molecule has 0 aromatic rings. The van der Waals surface area contributed by atoms with E-state index >= 15 is 0 Å². The molecule has 0 radical (unpaired) electrons. The number of carbonyl (C=O) groups is 1. The van der Waals surface area contributed by atoms with Crippen LogP contribution in [0.15, 0.2) is 48.6 Å². The fraction of sp³-hybridized carbons (Fsp3) is 0.833. The fourth-order valence-electron chi connectivity index (χ4n) is 7.86. The molecule has 0 aliphatic rings. The molecule has 0 bridgehead atoms. The minimum absolute atomic E-state index is 0.159. The van der Waals surface area contributed by atoms with Gasteiger partial charge in [0.1, 0.15) is 6.10 Å². The molecule has 0 aromatic carbocycles. The maximum absolute atomic E-state index is 12.5. The van der Waals surface area contributed by atoms with Crippen LogP contribution in [0.3, 0.4) is 0 Å². The smallest absolute Gasteiger partial charge is 0.220 e. The molecule has 0 saturated carbocycles. The zero-order chi connectivity index (χ0) is 43.0. The number of hydrogen-bond donors (Lipinski definition) is 4. The van der Waals surface area contributed by atoms with Crippen molar-refractivity contribution in [3.63, 3.8) is 0 Å². The lowest BCUT2D eigenvalue weighted by atomic mass is 10.0. The molecular formula is C54H101NO4.